The molecule has 0 heterocycles. The lowest BCUT2D eigenvalue weighted by Crippen LogP contribution is -2.43. The van der Waals surface area contributed by atoms with Crippen LogP contribution in [0.2, 0.25) is 16.6 Å². The summed E-state index contributed by atoms with van der Waals surface area (Å²) in [4.78, 5) is 12.5. The van der Waals surface area contributed by atoms with Crippen molar-refractivity contribution in [2.45, 2.75) is 103 Å². The fourth-order valence-electron chi connectivity index (χ4n) is 4.60. The number of hydrogen-bond donors (Lipinski definition) is 0. The summed E-state index contributed by atoms with van der Waals surface area (Å²) in [6, 6.07) is 10.4. The standard InChI is InChI=1S/C25H40OSi/c1-20(2)27(21(3)4,22(5)6)18-14-10-13-17-24(26)19-25(7,8)23-15-11-9-12-16-23/h9,11-12,15-16,20-22H,10,13,17,19H2,1-8H3. The number of benzene rings is 1. The molecule has 0 aromatic heterocycles. The lowest BCUT2D eigenvalue weighted by atomic mass is 9.79. The van der Waals surface area contributed by atoms with Crippen LogP contribution in [0.5, 0.6) is 0 Å². The van der Waals surface area contributed by atoms with Crippen molar-refractivity contribution < 1.29 is 4.79 Å². The fourth-order valence-corrected chi connectivity index (χ4v) is 9.89. The largest absolute Gasteiger partial charge is 0.300 e. The maximum absolute atomic E-state index is 12.5. The summed E-state index contributed by atoms with van der Waals surface area (Å²) in [6.45, 7) is 18.4. The number of carbonyl (C=O) groups excluding carboxylic acids is 1. The molecule has 150 valence electrons. The van der Waals surface area contributed by atoms with Crippen molar-refractivity contribution >= 4 is 13.9 Å². The van der Waals surface area contributed by atoms with Crippen molar-refractivity contribution in [2.75, 3.05) is 0 Å². The van der Waals surface area contributed by atoms with Gasteiger partial charge in [0, 0.05) is 19.3 Å². The van der Waals surface area contributed by atoms with Gasteiger partial charge < -0.3 is 0 Å². The molecule has 1 rings (SSSR count). The van der Waals surface area contributed by atoms with E-state index in [0.717, 1.165) is 12.8 Å². The fraction of sp³-hybridized carbons (Fsp3) is 0.640. The zero-order valence-corrected chi connectivity index (χ0v) is 19.9. The van der Waals surface area contributed by atoms with Gasteiger partial charge in [0.05, 0.1) is 0 Å². The first-order valence-electron chi connectivity index (χ1n) is 10.6. The number of rotatable bonds is 9. The van der Waals surface area contributed by atoms with E-state index >= 15 is 0 Å². The average Bonchev–Trinajstić information content (AvgIpc) is 2.57. The van der Waals surface area contributed by atoms with E-state index in [1.807, 2.05) is 18.2 Å². The van der Waals surface area contributed by atoms with Gasteiger partial charge >= 0.3 is 0 Å². The Morgan fingerprint density at radius 1 is 0.963 bits per heavy atom. The van der Waals surface area contributed by atoms with Crippen molar-refractivity contribution in [1.29, 1.82) is 0 Å². The molecule has 0 amide bonds. The molecule has 1 nitrogen and oxygen atoms in total. The smallest absolute Gasteiger partial charge is 0.145 e. The van der Waals surface area contributed by atoms with E-state index in [1.165, 1.54) is 5.56 Å². The maximum atomic E-state index is 12.5. The van der Waals surface area contributed by atoms with E-state index in [4.69, 9.17) is 0 Å². The highest BCUT2D eigenvalue weighted by Gasteiger charge is 2.41. The molecular formula is C25H40OSi. The first kappa shape index (κ1) is 23.7. The predicted molar refractivity (Wildman–Crippen MR) is 122 cm³/mol. The van der Waals surface area contributed by atoms with Gasteiger partial charge in [-0.1, -0.05) is 85.7 Å². The number of ketones is 1. The molecule has 0 saturated carbocycles. The van der Waals surface area contributed by atoms with Crippen LogP contribution >= 0.6 is 0 Å². The Labute approximate surface area is 169 Å². The quantitative estimate of drug-likeness (QED) is 0.248. The van der Waals surface area contributed by atoms with Gasteiger partial charge in [0.15, 0.2) is 0 Å². The van der Waals surface area contributed by atoms with Crippen LogP contribution < -0.4 is 0 Å². The van der Waals surface area contributed by atoms with Gasteiger partial charge in [-0.25, -0.2) is 0 Å². The van der Waals surface area contributed by atoms with Crippen molar-refractivity contribution in [2.24, 2.45) is 0 Å². The van der Waals surface area contributed by atoms with Crippen LogP contribution in [-0.2, 0) is 10.2 Å². The summed E-state index contributed by atoms with van der Waals surface area (Å²) in [7, 11) is -1.63. The predicted octanol–water partition coefficient (Wildman–Crippen LogP) is 7.32. The van der Waals surface area contributed by atoms with Crippen molar-refractivity contribution in [3.8, 4) is 11.5 Å². The van der Waals surface area contributed by atoms with Gasteiger partial charge in [0.25, 0.3) is 0 Å². The third kappa shape index (κ3) is 6.35. The van der Waals surface area contributed by atoms with E-state index in [1.54, 1.807) is 0 Å². The Kier molecular flexibility index (Phi) is 9.02. The van der Waals surface area contributed by atoms with E-state index < -0.39 is 8.07 Å². The lowest BCUT2D eigenvalue weighted by Gasteiger charge is -2.38. The van der Waals surface area contributed by atoms with Crippen LogP contribution in [0.15, 0.2) is 30.3 Å². The second-order valence-corrected chi connectivity index (χ2v) is 15.1. The minimum Gasteiger partial charge on any atom is -0.300 e. The van der Waals surface area contributed by atoms with Crippen LogP contribution in [0.3, 0.4) is 0 Å². The molecule has 0 N–H and O–H groups in total. The third-order valence-corrected chi connectivity index (χ3v) is 12.5. The van der Waals surface area contributed by atoms with Gasteiger partial charge in [-0.2, -0.15) is 0 Å². The Bertz CT molecular complexity index is 622. The first-order chi connectivity index (χ1) is 12.5. The summed E-state index contributed by atoms with van der Waals surface area (Å²) in [5, 5.41) is 0. The zero-order valence-electron chi connectivity index (χ0n) is 18.9. The molecule has 0 bridgehead atoms. The highest BCUT2D eigenvalue weighted by Crippen LogP contribution is 2.40. The number of carbonyl (C=O) groups is 1. The van der Waals surface area contributed by atoms with Gasteiger partial charge in [0.2, 0.25) is 0 Å². The Balaban J connectivity index is 2.61. The zero-order chi connectivity index (χ0) is 20.7. The molecule has 1 aromatic carbocycles. The molecule has 0 radical (unpaired) electrons. The summed E-state index contributed by atoms with van der Waals surface area (Å²) in [5.74, 6) is 3.83. The van der Waals surface area contributed by atoms with Gasteiger partial charge in [0.1, 0.15) is 13.9 Å². The number of unbranched alkanes of at least 4 members (excludes halogenated alkanes) is 1. The molecule has 0 aliphatic carbocycles. The maximum Gasteiger partial charge on any atom is 0.145 e. The highest BCUT2D eigenvalue weighted by molar-refractivity contribution is 6.90. The molecule has 0 saturated heterocycles. The van der Waals surface area contributed by atoms with Gasteiger partial charge in [-0.3, -0.25) is 4.79 Å². The monoisotopic (exact) mass is 384 g/mol. The minimum atomic E-state index is -1.63. The molecule has 1 aromatic rings. The normalized spacial score (nSPS) is 12.4. The molecule has 0 unspecified atom stereocenters. The van der Waals surface area contributed by atoms with E-state index in [-0.39, 0.29) is 5.41 Å². The van der Waals surface area contributed by atoms with E-state index in [0.29, 0.717) is 35.2 Å². The molecular weight excluding hydrogens is 344 g/mol. The summed E-state index contributed by atoms with van der Waals surface area (Å²) in [6.07, 6.45) is 2.98. The van der Waals surface area contributed by atoms with E-state index in [2.05, 4.69) is 79.0 Å². The van der Waals surface area contributed by atoms with Crippen LogP contribution in [0.4, 0.5) is 0 Å². The van der Waals surface area contributed by atoms with E-state index in [9.17, 15) is 4.79 Å². The van der Waals surface area contributed by atoms with Crippen molar-refractivity contribution in [1.82, 2.24) is 0 Å². The Morgan fingerprint density at radius 2 is 1.48 bits per heavy atom. The van der Waals surface area contributed by atoms with Crippen LogP contribution in [0, 0.1) is 11.5 Å². The SMILES string of the molecule is CC(C)[Si](C#CCCCC(=O)CC(C)(C)c1ccccc1)(C(C)C)C(C)C. The van der Waals surface area contributed by atoms with Gasteiger partial charge in [-0.05, 0) is 34.0 Å². The molecule has 0 fully saturated rings. The third-order valence-electron chi connectivity index (χ3n) is 6.12. The summed E-state index contributed by atoms with van der Waals surface area (Å²) in [5.41, 5.74) is 6.89. The number of Topliss-reactive ketones (excluding diaryl/α,β-unsaturated/α-hetero) is 1. The average molecular weight is 385 g/mol. The van der Waals surface area contributed by atoms with Crippen LogP contribution in [0.1, 0.15) is 86.6 Å². The first-order valence-corrected chi connectivity index (χ1v) is 12.8. The van der Waals surface area contributed by atoms with Crippen molar-refractivity contribution in [3.63, 3.8) is 0 Å². The Morgan fingerprint density at radius 3 is 1.96 bits per heavy atom. The number of hydrogen-bond acceptors (Lipinski definition) is 1. The van der Waals surface area contributed by atoms with Crippen LogP contribution in [0.25, 0.3) is 0 Å². The molecule has 0 atom stereocenters. The second-order valence-electron chi connectivity index (χ2n) is 9.52. The van der Waals surface area contributed by atoms with Gasteiger partial charge in [-0.15, -0.1) is 11.5 Å². The molecule has 27 heavy (non-hydrogen) atoms. The van der Waals surface area contributed by atoms with Crippen molar-refractivity contribution in [3.05, 3.63) is 35.9 Å². The topological polar surface area (TPSA) is 17.1 Å². The molecule has 2 heteroatoms. The molecule has 0 spiro atoms. The lowest BCUT2D eigenvalue weighted by molar-refractivity contribution is -0.120. The second kappa shape index (κ2) is 10.3. The highest BCUT2D eigenvalue weighted by atomic mass is 28.3. The molecule has 0 aliphatic heterocycles. The molecule has 0 aliphatic rings. The summed E-state index contributed by atoms with van der Waals surface area (Å²) >= 11 is 0. The Hall–Kier alpha value is -1.33. The minimum absolute atomic E-state index is 0.0982. The summed E-state index contributed by atoms with van der Waals surface area (Å²) < 4.78 is 0. The van der Waals surface area contributed by atoms with Crippen LogP contribution in [-0.4, -0.2) is 13.9 Å².